The average molecular weight is 471 g/mol. The van der Waals surface area contributed by atoms with E-state index in [0.717, 1.165) is 68.1 Å². The van der Waals surface area contributed by atoms with Gasteiger partial charge in [0.15, 0.2) is 0 Å². The van der Waals surface area contributed by atoms with Crippen molar-refractivity contribution >= 4 is 16.8 Å². The molecule has 0 radical (unpaired) electrons. The number of rotatable bonds is 8. The first-order valence-electron chi connectivity index (χ1n) is 12.6. The number of aromatic hydroxyl groups is 1. The van der Waals surface area contributed by atoms with Crippen molar-refractivity contribution in [2.24, 2.45) is 0 Å². The Kier molecular flexibility index (Phi) is 7.48. The topological polar surface area (TPSA) is 56.2 Å². The minimum absolute atomic E-state index is 0.150. The third kappa shape index (κ3) is 5.43. The minimum atomic E-state index is 0.150. The van der Waals surface area contributed by atoms with E-state index in [2.05, 4.69) is 58.3 Å². The molecule has 2 aliphatic rings. The van der Waals surface area contributed by atoms with Crippen molar-refractivity contribution in [2.75, 3.05) is 50.9 Å². The predicted molar refractivity (Wildman–Crippen MR) is 142 cm³/mol. The molecule has 5 rings (SSSR count). The summed E-state index contributed by atoms with van der Waals surface area (Å²) in [6.07, 6.45) is 1.46. The molecule has 35 heavy (non-hydrogen) atoms. The van der Waals surface area contributed by atoms with Crippen LogP contribution in [0.25, 0.3) is 11.1 Å². The lowest BCUT2D eigenvalue weighted by molar-refractivity contribution is -0.0660. The second kappa shape index (κ2) is 11.1. The third-order valence-electron chi connectivity index (χ3n) is 7.14. The maximum Gasteiger partial charge on any atom is 0.115 e. The number of hydrogen-bond donors (Lipinski definition) is 2. The molecule has 5 nitrogen and oxygen atoms in total. The average Bonchev–Trinajstić information content (AvgIpc) is 2.88. The van der Waals surface area contributed by atoms with Gasteiger partial charge in [-0.1, -0.05) is 54.6 Å². The summed E-state index contributed by atoms with van der Waals surface area (Å²) in [6, 6.07) is 27.3. The Labute approximate surface area is 207 Å². The highest BCUT2D eigenvalue weighted by Gasteiger charge is 2.29. The SMILES string of the molecule is OCCCC(=C(c1ccc(O)cc1)c1ccc(N2CCN(C3COC3)CC2)cc1)c1ccccc1. The van der Waals surface area contributed by atoms with Gasteiger partial charge in [-0.25, -0.2) is 0 Å². The number of anilines is 1. The minimum Gasteiger partial charge on any atom is -0.508 e. The Morgan fingerprint density at radius 1 is 0.771 bits per heavy atom. The van der Waals surface area contributed by atoms with Crippen molar-refractivity contribution in [3.8, 4) is 5.75 Å². The number of aliphatic hydroxyl groups excluding tert-OH is 1. The molecule has 2 N–H and O–H groups in total. The summed E-state index contributed by atoms with van der Waals surface area (Å²) in [7, 11) is 0. The first-order valence-corrected chi connectivity index (χ1v) is 12.6. The van der Waals surface area contributed by atoms with Gasteiger partial charge >= 0.3 is 0 Å². The van der Waals surface area contributed by atoms with Gasteiger partial charge in [0, 0.05) is 38.5 Å². The number of phenolic OH excluding ortho intramolecular Hbond substituents is 1. The molecule has 3 aromatic rings. The van der Waals surface area contributed by atoms with Gasteiger partial charge in [-0.3, -0.25) is 4.90 Å². The summed E-state index contributed by atoms with van der Waals surface area (Å²) in [4.78, 5) is 5.01. The Balaban J connectivity index is 1.47. The predicted octanol–water partition coefficient (Wildman–Crippen LogP) is 4.64. The van der Waals surface area contributed by atoms with Crippen LogP contribution in [-0.2, 0) is 4.74 Å². The highest BCUT2D eigenvalue weighted by molar-refractivity contribution is 5.98. The molecule has 2 fully saturated rings. The van der Waals surface area contributed by atoms with Gasteiger partial charge in [0.25, 0.3) is 0 Å². The highest BCUT2D eigenvalue weighted by Crippen LogP contribution is 2.36. The molecule has 0 aliphatic carbocycles. The Morgan fingerprint density at radius 2 is 1.40 bits per heavy atom. The molecule has 5 heteroatoms. The van der Waals surface area contributed by atoms with E-state index < -0.39 is 0 Å². The molecule has 0 bridgehead atoms. The highest BCUT2D eigenvalue weighted by atomic mass is 16.5. The van der Waals surface area contributed by atoms with Crippen LogP contribution in [0.2, 0.25) is 0 Å². The molecule has 2 aliphatic heterocycles. The fourth-order valence-electron chi connectivity index (χ4n) is 5.07. The first kappa shape index (κ1) is 23.6. The van der Waals surface area contributed by atoms with E-state index in [0.29, 0.717) is 12.5 Å². The van der Waals surface area contributed by atoms with E-state index in [1.165, 1.54) is 11.3 Å². The Bertz CT molecular complexity index is 1110. The van der Waals surface area contributed by atoms with Crippen LogP contribution >= 0.6 is 0 Å². The number of aliphatic hydroxyl groups is 1. The molecule has 182 valence electrons. The summed E-state index contributed by atoms with van der Waals surface area (Å²) < 4.78 is 5.37. The number of piperazine rings is 1. The van der Waals surface area contributed by atoms with Crippen molar-refractivity contribution in [3.63, 3.8) is 0 Å². The van der Waals surface area contributed by atoms with Gasteiger partial charge < -0.3 is 19.8 Å². The normalized spacial score (nSPS) is 17.7. The van der Waals surface area contributed by atoms with E-state index in [4.69, 9.17) is 4.74 Å². The molecule has 0 unspecified atom stereocenters. The molecule has 0 amide bonds. The van der Waals surface area contributed by atoms with Crippen molar-refractivity contribution < 1.29 is 14.9 Å². The third-order valence-corrected chi connectivity index (χ3v) is 7.14. The van der Waals surface area contributed by atoms with Gasteiger partial charge in [0.05, 0.1) is 19.3 Å². The Morgan fingerprint density at radius 3 is 1.97 bits per heavy atom. The molecule has 0 saturated carbocycles. The van der Waals surface area contributed by atoms with Crippen molar-refractivity contribution in [2.45, 2.75) is 18.9 Å². The largest absolute Gasteiger partial charge is 0.508 e. The standard InChI is InChI=1S/C30H34N2O3/c33-20-4-7-29(23-5-2-1-3-6-23)30(25-10-14-28(34)15-11-25)24-8-12-26(13-9-24)31-16-18-32(19-17-31)27-21-35-22-27/h1-3,5-6,8-15,27,33-34H,4,7,16-22H2. The van der Waals surface area contributed by atoms with Crippen LogP contribution in [0, 0.1) is 0 Å². The molecule has 3 aromatic carbocycles. The molecular formula is C30H34N2O3. The lowest BCUT2D eigenvalue weighted by atomic mass is 9.87. The number of nitrogens with zero attached hydrogens (tertiary/aromatic N) is 2. The molecule has 2 saturated heterocycles. The first-order chi connectivity index (χ1) is 17.2. The molecular weight excluding hydrogens is 436 g/mol. The molecule has 2 heterocycles. The van der Waals surface area contributed by atoms with Gasteiger partial charge in [-0.05, 0) is 64.9 Å². The van der Waals surface area contributed by atoms with E-state index in [-0.39, 0.29) is 12.4 Å². The summed E-state index contributed by atoms with van der Waals surface area (Å²) in [5.74, 6) is 0.257. The van der Waals surface area contributed by atoms with Crippen molar-refractivity contribution in [3.05, 3.63) is 95.6 Å². The second-order valence-electron chi connectivity index (χ2n) is 9.35. The summed E-state index contributed by atoms with van der Waals surface area (Å²) in [6.45, 7) is 6.12. The van der Waals surface area contributed by atoms with Gasteiger partial charge in [-0.2, -0.15) is 0 Å². The second-order valence-corrected chi connectivity index (χ2v) is 9.35. The zero-order valence-corrected chi connectivity index (χ0v) is 20.1. The summed E-state index contributed by atoms with van der Waals surface area (Å²) in [5.41, 5.74) is 6.95. The van der Waals surface area contributed by atoms with Crippen LogP contribution in [-0.4, -0.2) is 67.2 Å². The lowest BCUT2D eigenvalue weighted by Gasteiger charge is -2.43. The zero-order chi connectivity index (χ0) is 24.0. The van der Waals surface area contributed by atoms with Crippen LogP contribution in [0.3, 0.4) is 0 Å². The Hall–Kier alpha value is -3.12. The fourth-order valence-corrected chi connectivity index (χ4v) is 5.07. The van der Waals surface area contributed by atoms with Crippen LogP contribution in [0.15, 0.2) is 78.9 Å². The number of benzene rings is 3. The van der Waals surface area contributed by atoms with Gasteiger partial charge in [0.1, 0.15) is 5.75 Å². The number of ether oxygens (including phenoxy) is 1. The van der Waals surface area contributed by atoms with Crippen molar-refractivity contribution in [1.82, 2.24) is 4.90 Å². The summed E-state index contributed by atoms with van der Waals surface area (Å²) in [5, 5.41) is 19.5. The van der Waals surface area contributed by atoms with Gasteiger partial charge in [0.2, 0.25) is 0 Å². The summed E-state index contributed by atoms with van der Waals surface area (Å²) >= 11 is 0. The smallest absolute Gasteiger partial charge is 0.115 e. The van der Waals surface area contributed by atoms with Crippen LogP contribution < -0.4 is 4.90 Å². The van der Waals surface area contributed by atoms with E-state index >= 15 is 0 Å². The van der Waals surface area contributed by atoms with E-state index in [1.54, 1.807) is 12.1 Å². The van der Waals surface area contributed by atoms with E-state index in [9.17, 15) is 10.2 Å². The number of hydrogen-bond acceptors (Lipinski definition) is 5. The van der Waals surface area contributed by atoms with Gasteiger partial charge in [-0.15, -0.1) is 0 Å². The van der Waals surface area contributed by atoms with Crippen LogP contribution in [0.5, 0.6) is 5.75 Å². The number of phenols is 1. The van der Waals surface area contributed by atoms with E-state index in [1.807, 2.05) is 18.2 Å². The van der Waals surface area contributed by atoms with Crippen LogP contribution in [0.4, 0.5) is 5.69 Å². The maximum atomic E-state index is 9.89. The number of allylic oxidation sites excluding steroid dienone is 1. The lowest BCUT2D eigenvalue weighted by Crippen LogP contribution is -2.56. The quantitative estimate of drug-likeness (QED) is 0.470. The van der Waals surface area contributed by atoms with Crippen molar-refractivity contribution in [1.29, 1.82) is 0 Å². The van der Waals surface area contributed by atoms with Crippen LogP contribution in [0.1, 0.15) is 29.5 Å². The molecule has 0 spiro atoms. The molecule has 0 atom stereocenters. The molecule has 0 aromatic heterocycles. The fraction of sp³-hybridized carbons (Fsp3) is 0.333. The zero-order valence-electron chi connectivity index (χ0n) is 20.1. The monoisotopic (exact) mass is 470 g/mol. The maximum absolute atomic E-state index is 9.89.